The van der Waals surface area contributed by atoms with Gasteiger partial charge in [-0.05, 0) is 61.8 Å². The zero-order valence-electron chi connectivity index (χ0n) is 27.4. The highest BCUT2D eigenvalue weighted by Gasteiger charge is 2.35. The highest BCUT2D eigenvalue weighted by atomic mass is 15.0. The highest BCUT2D eigenvalue weighted by molar-refractivity contribution is 6.03. The summed E-state index contributed by atoms with van der Waals surface area (Å²) >= 11 is 0. The molecule has 0 radical (unpaired) electrons. The second-order valence-corrected chi connectivity index (χ2v) is 13.3. The van der Waals surface area contributed by atoms with E-state index in [-0.39, 0.29) is 5.41 Å². The fraction of sp³-hybridized carbons (Fsp3) is 0.0652. The molecule has 232 valence electrons. The summed E-state index contributed by atoms with van der Waals surface area (Å²) in [5, 5.41) is 2.33. The van der Waals surface area contributed by atoms with Crippen LogP contribution in [0.5, 0.6) is 0 Å². The van der Waals surface area contributed by atoms with Crippen molar-refractivity contribution < 1.29 is 0 Å². The number of fused-ring (bicyclic) bond motifs is 4. The first-order valence-electron chi connectivity index (χ1n) is 16.8. The molecule has 0 N–H and O–H groups in total. The Labute approximate surface area is 286 Å². The molecule has 1 heterocycles. The van der Waals surface area contributed by atoms with Crippen LogP contribution in [0.3, 0.4) is 0 Å². The van der Waals surface area contributed by atoms with E-state index in [1.165, 1.54) is 38.8 Å². The summed E-state index contributed by atoms with van der Waals surface area (Å²) in [5.41, 5.74) is 12.9. The van der Waals surface area contributed by atoms with E-state index in [0.717, 1.165) is 33.2 Å². The second kappa shape index (κ2) is 11.5. The fourth-order valence-electron chi connectivity index (χ4n) is 7.41. The lowest BCUT2D eigenvalue weighted by Gasteiger charge is -2.22. The zero-order chi connectivity index (χ0) is 33.0. The average molecular weight is 628 g/mol. The van der Waals surface area contributed by atoms with Crippen LogP contribution in [0.4, 0.5) is 0 Å². The molecule has 3 nitrogen and oxygen atoms in total. The van der Waals surface area contributed by atoms with Crippen LogP contribution in [0, 0.1) is 0 Å². The Morgan fingerprint density at radius 2 is 0.898 bits per heavy atom. The molecule has 0 spiro atoms. The maximum atomic E-state index is 5.10. The summed E-state index contributed by atoms with van der Waals surface area (Å²) in [4.78, 5) is 15.1. The summed E-state index contributed by atoms with van der Waals surface area (Å²) in [5.74, 6) is 1.96. The number of hydrogen-bond acceptors (Lipinski definition) is 3. The minimum atomic E-state index is -0.0402. The van der Waals surface area contributed by atoms with Gasteiger partial charge in [-0.25, -0.2) is 15.0 Å². The van der Waals surface area contributed by atoms with Crippen LogP contribution in [0.1, 0.15) is 25.0 Å². The van der Waals surface area contributed by atoms with Gasteiger partial charge in [-0.2, -0.15) is 0 Å². The summed E-state index contributed by atoms with van der Waals surface area (Å²) < 4.78 is 0. The van der Waals surface area contributed by atoms with E-state index in [2.05, 4.69) is 117 Å². The summed E-state index contributed by atoms with van der Waals surface area (Å²) in [6.45, 7) is 4.67. The topological polar surface area (TPSA) is 38.7 Å². The standard InChI is InChI=1S/C46H33N3/c1-46(2)40-20-12-11-19-37(40)38-27-26-35(29-41(38)46)30-21-23-32(24-22-30)42-36-18-10-9-13-31(36)25-28-39(42)45-48-43(33-14-5-3-6-15-33)47-44(49-45)34-16-7-4-8-17-34/h3-29H,1-2H3. The van der Waals surface area contributed by atoms with Gasteiger partial charge in [0, 0.05) is 27.7 Å². The first-order chi connectivity index (χ1) is 24.0. The molecule has 49 heavy (non-hydrogen) atoms. The minimum absolute atomic E-state index is 0.0402. The first kappa shape index (κ1) is 29.0. The Kier molecular flexibility index (Phi) is 6.80. The molecule has 0 atom stereocenters. The maximum absolute atomic E-state index is 5.10. The Morgan fingerprint density at radius 1 is 0.367 bits per heavy atom. The fourth-order valence-corrected chi connectivity index (χ4v) is 7.41. The molecule has 0 aliphatic heterocycles. The normalized spacial score (nSPS) is 12.9. The van der Waals surface area contributed by atoms with Crippen LogP contribution >= 0.6 is 0 Å². The van der Waals surface area contributed by atoms with Crippen molar-refractivity contribution in [2.24, 2.45) is 0 Å². The molecular formula is C46H33N3. The van der Waals surface area contributed by atoms with Gasteiger partial charge in [-0.1, -0.05) is 166 Å². The second-order valence-electron chi connectivity index (χ2n) is 13.3. The van der Waals surface area contributed by atoms with Crippen LogP contribution in [-0.4, -0.2) is 15.0 Å². The molecule has 1 aliphatic rings. The molecule has 7 aromatic carbocycles. The number of aromatic nitrogens is 3. The van der Waals surface area contributed by atoms with E-state index >= 15 is 0 Å². The number of hydrogen-bond donors (Lipinski definition) is 0. The van der Waals surface area contributed by atoms with Gasteiger partial charge in [0.05, 0.1) is 0 Å². The van der Waals surface area contributed by atoms with Crippen molar-refractivity contribution in [1.29, 1.82) is 0 Å². The van der Waals surface area contributed by atoms with Gasteiger partial charge >= 0.3 is 0 Å². The molecule has 1 aliphatic carbocycles. The average Bonchev–Trinajstić information content (AvgIpc) is 3.40. The Bertz CT molecular complexity index is 2440. The van der Waals surface area contributed by atoms with Crippen LogP contribution in [0.25, 0.3) is 78.3 Å². The first-order valence-corrected chi connectivity index (χ1v) is 16.8. The molecule has 9 rings (SSSR count). The summed E-state index contributed by atoms with van der Waals surface area (Å²) in [6.07, 6.45) is 0. The number of benzene rings is 7. The lowest BCUT2D eigenvalue weighted by molar-refractivity contribution is 0.660. The Hall–Kier alpha value is -6.19. The quantitative estimate of drug-likeness (QED) is 0.191. The third-order valence-electron chi connectivity index (χ3n) is 9.96. The van der Waals surface area contributed by atoms with Gasteiger partial charge < -0.3 is 0 Å². The largest absolute Gasteiger partial charge is 0.208 e. The lowest BCUT2D eigenvalue weighted by atomic mass is 9.81. The molecule has 0 saturated carbocycles. The highest BCUT2D eigenvalue weighted by Crippen LogP contribution is 2.49. The molecule has 3 heteroatoms. The van der Waals surface area contributed by atoms with Crippen molar-refractivity contribution in [3.05, 3.63) is 175 Å². The van der Waals surface area contributed by atoms with Gasteiger partial charge in [0.2, 0.25) is 0 Å². The summed E-state index contributed by atoms with van der Waals surface area (Å²) in [7, 11) is 0. The van der Waals surface area contributed by atoms with E-state index in [4.69, 9.17) is 15.0 Å². The SMILES string of the molecule is CC1(C)c2ccccc2-c2ccc(-c3ccc(-c4c(-c5nc(-c6ccccc6)nc(-c6ccccc6)n5)ccc5ccccc45)cc3)cc21. The van der Waals surface area contributed by atoms with Crippen molar-refractivity contribution in [3.63, 3.8) is 0 Å². The number of rotatable bonds is 5. The molecule has 0 saturated heterocycles. The van der Waals surface area contributed by atoms with Crippen molar-refractivity contribution in [2.45, 2.75) is 19.3 Å². The van der Waals surface area contributed by atoms with Crippen LogP contribution in [-0.2, 0) is 5.41 Å². The molecule has 0 unspecified atom stereocenters. The van der Waals surface area contributed by atoms with Crippen molar-refractivity contribution in [1.82, 2.24) is 15.0 Å². The molecule has 0 amide bonds. The van der Waals surface area contributed by atoms with Crippen LogP contribution < -0.4 is 0 Å². The third-order valence-corrected chi connectivity index (χ3v) is 9.96. The lowest BCUT2D eigenvalue weighted by Crippen LogP contribution is -2.14. The van der Waals surface area contributed by atoms with Crippen molar-refractivity contribution in [2.75, 3.05) is 0 Å². The van der Waals surface area contributed by atoms with E-state index in [0.29, 0.717) is 17.5 Å². The van der Waals surface area contributed by atoms with Gasteiger partial charge in [-0.15, -0.1) is 0 Å². The van der Waals surface area contributed by atoms with Crippen LogP contribution in [0.15, 0.2) is 164 Å². The van der Waals surface area contributed by atoms with Gasteiger partial charge in [0.1, 0.15) is 0 Å². The predicted molar refractivity (Wildman–Crippen MR) is 202 cm³/mol. The van der Waals surface area contributed by atoms with E-state index in [1.807, 2.05) is 60.7 Å². The van der Waals surface area contributed by atoms with Crippen molar-refractivity contribution >= 4 is 10.8 Å². The van der Waals surface area contributed by atoms with Crippen molar-refractivity contribution in [3.8, 4) is 67.5 Å². The Morgan fingerprint density at radius 3 is 1.61 bits per heavy atom. The van der Waals surface area contributed by atoms with E-state index in [9.17, 15) is 0 Å². The number of nitrogens with zero attached hydrogens (tertiary/aromatic N) is 3. The minimum Gasteiger partial charge on any atom is -0.208 e. The maximum Gasteiger partial charge on any atom is 0.164 e. The molecule has 8 aromatic rings. The predicted octanol–water partition coefficient (Wildman–Crippen LogP) is 11.7. The monoisotopic (exact) mass is 627 g/mol. The van der Waals surface area contributed by atoms with Crippen LogP contribution in [0.2, 0.25) is 0 Å². The van der Waals surface area contributed by atoms with Gasteiger partial charge in [0.25, 0.3) is 0 Å². The van der Waals surface area contributed by atoms with E-state index < -0.39 is 0 Å². The third kappa shape index (κ3) is 4.94. The summed E-state index contributed by atoms with van der Waals surface area (Å²) in [6, 6.07) is 57.9. The molecule has 0 fully saturated rings. The Balaban J connectivity index is 1.18. The molecule has 0 bridgehead atoms. The molecular weight excluding hydrogens is 595 g/mol. The van der Waals surface area contributed by atoms with E-state index in [1.54, 1.807) is 0 Å². The zero-order valence-corrected chi connectivity index (χ0v) is 27.4. The van der Waals surface area contributed by atoms with Gasteiger partial charge in [-0.3, -0.25) is 0 Å². The van der Waals surface area contributed by atoms with Gasteiger partial charge in [0.15, 0.2) is 17.5 Å². The molecule has 1 aromatic heterocycles. The smallest absolute Gasteiger partial charge is 0.164 e.